The highest BCUT2D eigenvalue weighted by Gasteiger charge is 2.06. The molecule has 0 saturated carbocycles. The molecule has 0 aliphatic heterocycles. The lowest BCUT2D eigenvalue weighted by molar-refractivity contribution is 0.570. The first-order chi connectivity index (χ1) is 7.24. The number of unbranched alkanes of at least 4 members (excludes halogenated alkanes) is 3. The Labute approximate surface area is 93.2 Å². The Balaban J connectivity index is 2.36. The van der Waals surface area contributed by atoms with Crippen molar-refractivity contribution in [3.63, 3.8) is 0 Å². The van der Waals surface area contributed by atoms with Gasteiger partial charge in [-0.15, -0.1) is 0 Å². The van der Waals surface area contributed by atoms with Gasteiger partial charge in [0.15, 0.2) is 0 Å². The molecule has 1 rings (SSSR count). The van der Waals surface area contributed by atoms with E-state index in [0.717, 1.165) is 5.82 Å². The fourth-order valence-corrected chi connectivity index (χ4v) is 1.77. The molecule has 0 aromatic carbocycles. The summed E-state index contributed by atoms with van der Waals surface area (Å²) in [6, 6.07) is 2.04. The van der Waals surface area contributed by atoms with E-state index in [4.69, 9.17) is 0 Å². The highest BCUT2D eigenvalue weighted by atomic mass is 14.9. The molecule has 0 radical (unpaired) electrons. The summed E-state index contributed by atoms with van der Waals surface area (Å²) in [5.41, 5.74) is 1.19. The monoisotopic (exact) mass is 206 g/mol. The van der Waals surface area contributed by atoms with E-state index in [2.05, 4.69) is 23.8 Å². The van der Waals surface area contributed by atoms with Crippen molar-refractivity contribution in [2.45, 2.75) is 58.8 Å². The van der Waals surface area contributed by atoms with E-state index in [0.29, 0.717) is 5.92 Å². The average Bonchev–Trinajstić information content (AvgIpc) is 2.24. The third-order valence-corrected chi connectivity index (χ3v) is 2.79. The lowest BCUT2D eigenvalue weighted by Crippen LogP contribution is -1.99. The number of hydrogen-bond donors (Lipinski definition) is 0. The van der Waals surface area contributed by atoms with Crippen LogP contribution < -0.4 is 0 Å². The first-order valence-electron chi connectivity index (χ1n) is 6.03. The van der Waals surface area contributed by atoms with Gasteiger partial charge >= 0.3 is 0 Å². The molecule has 0 aliphatic carbocycles. The predicted molar refractivity (Wildman–Crippen MR) is 63.9 cm³/mol. The van der Waals surface area contributed by atoms with E-state index in [9.17, 15) is 0 Å². The normalized spacial score (nSPS) is 12.7. The Hall–Kier alpha value is -0.920. The van der Waals surface area contributed by atoms with Crippen molar-refractivity contribution in [1.82, 2.24) is 9.97 Å². The number of hydrogen-bond acceptors (Lipinski definition) is 2. The fraction of sp³-hybridized carbons (Fsp3) is 0.692. The lowest BCUT2D eigenvalue weighted by Gasteiger charge is -2.10. The van der Waals surface area contributed by atoms with E-state index < -0.39 is 0 Å². The van der Waals surface area contributed by atoms with Gasteiger partial charge in [-0.25, -0.2) is 9.97 Å². The number of aromatic nitrogens is 2. The summed E-state index contributed by atoms with van der Waals surface area (Å²) in [4.78, 5) is 8.58. The maximum Gasteiger partial charge on any atom is 0.125 e. The highest BCUT2D eigenvalue weighted by Crippen LogP contribution is 2.19. The van der Waals surface area contributed by atoms with Crippen molar-refractivity contribution in [1.29, 1.82) is 0 Å². The highest BCUT2D eigenvalue weighted by molar-refractivity contribution is 5.06. The van der Waals surface area contributed by atoms with Gasteiger partial charge in [-0.1, -0.05) is 39.5 Å². The topological polar surface area (TPSA) is 25.8 Å². The first kappa shape index (κ1) is 12.2. The second kappa shape index (κ2) is 6.54. The lowest BCUT2D eigenvalue weighted by atomic mass is 9.99. The quantitative estimate of drug-likeness (QED) is 0.660. The van der Waals surface area contributed by atoms with Gasteiger partial charge in [-0.05, 0) is 25.3 Å². The van der Waals surface area contributed by atoms with E-state index in [1.165, 1.54) is 37.8 Å². The Bertz CT molecular complexity index is 284. The van der Waals surface area contributed by atoms with E-state index in [1.54, 1.807) is 0 Å². The van der Waals surface area contributed by atoms with Crippen LogP contribution in [-0.2, 0) is 0 Å². The van der Waals surface area contributed by atoms with Gasteiger partial charge < -0.3 is 0 Å². The molecule has 0 aliphatic rings. The van der Waals surface area contributed by atoms with Gasteiger partial charge in [0.05, 0.1) is 0 Å². The van der Waals surface area contributed by atoms with Crippen LogP contribution in [0, 0.1) is 6.92 Å². The zero-order valence-corrected chi connectivity index (χ0v) is 10.2. The van der Waals surface area contributed by atoms with Crippen molar-refractivity contribution in [2.24, 2.45) is 0 Å². The van der Waals surface area contributed by atoms with E-state index in [-0.39, 0.29) is 0 Å². The van der Waals surface area contributed by atoms with Gasteiger partial charge in [0.1, 0.15) is 5.82 Å². The first-order valence-corrected chi connectivity index (χ1v) is 6.03. The Kier molecular flexibility index (Phi) is 5.30. The molecule has 1 unspecified atom stereocenters. The molecule has 0 saturated heterocycles. The molecule has 1 aromatic heterocycles. The molecule has 2 heteroatoms. The third-order valence-electron chi connectivity index (χ3n) is 2.79. The molecule has 1 atom stereocenters. The molecule has 15 heavy (non-hydrogen) atoms. The fourth-order valence-electron chi connectivity index (χ4n) is 1.77. The second-order valence-corrected chi connectivity index (χ2v) is 4.28. The van der Waals surface area contributed by atoms with Gasteiger partial charge in [-0.3, -0.25) is 0 Å². The Morgan fingerprint density at radius 3 is 2.73 bits per heavy atom. The van der Waals surface area contributed by atoms with Crippen LogP contribution in [0.1, 0.15) is 63.4 Å². The SMILES string of the molecule is CCCCCCC(C)c1ccnc(C)n1. The van der Waals surface area contributed by atoms with Crippen LogP contribution in [0.3, 0.4) is 0 Å². The molecule has 1 heterocycles. The van der Waals surface area contributed by atoms with Crippen LogP contribution >= 0.6 is 0 Å². The number of nitrogens with zero attached hydrogens (tertiary/aromatic N) is 2. The number of rotatable bonds is 6. The minimum atomic E-state index is 0.573. The molecular formula is C13H22N2. The van der Waals surface area contributed by atoms with E-state index in [1.807, 2.05) is 19.2 Å². The van der Waals surface area contributed by atoms with Gasteiger partial charge in [-0.2, -0.15) is 0 Å². The largest absolute Gasteiger partial charge is 0.242 e. The van der Waals surface area contributed by atoms with Crippen LogP contribution in [0.25, 0.3) is 0 Å². The standard InChI is InChI=1S/C13H22N2/c1-4-5-6-7-8-11(2)13-9-10-14-12(3)15-13/h9-11H,4-8H2,1-3H3. The van der Waals surface area contributed by atoms with Gasteiger partial charge in [0, 0.05) is 11.9 Å². The van der Waals surface area contributed by atoms with Crippen molar-refractivity contribution >= 4 is 0 Å². The average molecular weight is 206 g/mol. The smallest absolute Gasteiger partial charge is 0.125 e. The predicted octanol–water partition coefficient (Wildman–Crippen LogP) is 3.86. The minimum Gasteiger partial charge on any atom is -0.242 e. The van der Waals surface area contributed by atoms with Gasteiger partial charge in [0.25, 0.3) is 0 Å². The molecule has 0 fully saturated rings. The maximum atomic E-state index is 4.46. The molecule has 0 spiro atoms. The molecule has 0 N–H and O–H groups in total. The summed E-state index contributed by atoms with van der Waals surface area (Å²) in [5.74, 6) is 1.46. The third kappa shape index (κ3) is 4.41. The second-order valence-electron chi connectivity index (χ2n) is 4.28. The summed E-state index contributed by atoms with van der Waals surface area (Å²) in [5, 5.41) is 0. The van der Waals surface area contributed by atoms with Crippen molar-refractivity contribution in [3.8, 4) is 0 Å². The molecule has 2 nitrogen and oxygen atoms in total. The molecule has 84 valence electrons. The summed E-state index contributed by atoms with van der Waals surface area (Å²) >= 11 is 0. The zero-order valence-electron chi connectivity index (χ0n) is 10.2. The van der Waals surface area contributed by atoms with Crippen molar-refractivity contribution in [3.05, 3.63) is 23.8 Å². The molecular weight excluding hydrogens is 184 g/mol. The molecule has 0 amide bonds. The Morgan fingerprint density at radius 2 is 2.07 bits per heavy atom. The summed E-state index contributed by atoms with van der Waals surface area (Å²) < 4.78 is 0. The van der Waals surface area contributed by atoms with Gasteiger partial charge in [0.2, 0.25) is 0 Å². The van der Waals surface area contributed by atoms with Crippen LogP contribution in [0.2, 0.25) is 0 Å². The minimum absolute atomic E-state index is 0.573. The van der Waals surface area contributed by atoms with Crippen LogP contribution in [0.5, 0.6) is 0 Å². The zero-order chi connectivity index (χ0) is 11.1. The Morgan fingerprint density at radius 1 is 1.27 bits per heavy atom. The number of aryl methyl sites for hydroxylation is 1. The van der Waals surface area contributed by atoms with Crippen molar-refractivity contribution < 1.29 is 0 Å². The van der Waals surface area contributed by atoms with Crippen molar-refractivity contribution in [2.75, 3.05) is 0 Å². The molecule has 1 aromatic rings. The van der Waals surface area contributed by atoms with Crippen LogP contribution in [0.15, 0.2) is 12.3 Å². The summed E-state index contributed by atoms with van der Waals surface area (Å²) in [6.07, 6.45) is 8.44. The summed E-state index contributed by atoms with van der Waals surface area (Å²) in [7, 11) is 0. The van der Waals surface area contributed by atoms with E-state index >= 15 is 0 Å². The molecule has 0 bridgehead atoms. The maximum absolute atomic E-state index is 4.46. The summed E-state index contributed by atoms with van der Waals surface area (Å²) in [6.45, 7) is 6.46. The van der Waals surface area contributed by atoms with Crippen LogP contribution in [-0.4, -0.2) is 9.97 Å². The van der Waals surface area contributed by atoms with Crippen LogP contribution in [0.4, 0.5) is 0 Å².